The Bertz CT molecular complexity index is 413. The maximum atomic E-state index is 12.8. The van der Waals surface area contributed by atoms with Gasteiger partial charge in [0.15, 0.2) is 0 Å². The summed E-state index contributed by atoms with van der Waals surface area (Å²) in [5.41, 5.74) is -1.33. The maximum Gasteiger partial charge on any atom is 0.416 e. The fourth-order valence-electron chi connectivity index (χ4n) is 1.79. The van der Waals surface area contributed by atoms with Crippen molar-refractivity contribution < 1.29 is 23.0 Å². The van der Waals surface area contributed by atoms with Crippen LogP contribution in [-0.2, 0) is 10.9 Å². The summed E-state index contributed by atoms with van der Waals surface area (Å²) in [6, 6.07) is 5.11. The first kappa shape index (κ1) is 16.0. The molecule has 0 aliphatic carbocycles. The van der Waals surface area contributed by atoms with E-state index in [1.807, 2.05) is 13.8 Å². The summed E-state index contributed by atoms with van der Waals surface area (Å²) in [6.45, 7) is 3.66. The van der Waals surface area contributed by atoms with Crippen LogP contribution in [0.25, 0.3) is 0 Å². The Hall–Kier alpha value is -1.07. The first-order valence-corrected chi connectivity index (χ1v) is 6.07. The summed E-state index contributed by atoms with van der Waals surface area (Å²) in [5, 5.41) is 9.97. The molecule has 1 rings (SSSR count). The molecule has 0 spiro atoms. The van der Waals surface area contributed by atoms with Crippen molar-refractivity contribution in [1.82, 2.24) is 0 Å². The van der Waals surface area contributed by atoms with Crippen LogP contribution in [0.4, 0.5) is 13.2 Å². The SMILES string of the molecule is COC(C)(C)CCC(O)c1ccccc1C(F)(F)F. The summed E-state index contributed by atoms with van der Waals surface area (Å²) in [6.07, 6.45) is -4.91. The second kappa shape index (κ2) is 5.92. The summed E-state index contributed by atoms with van der Waals surface area (Å²) in [7, 11) is 1.54. The maximum absolute atomic E-state index is 12.8. The lowest BCUT2D eigenvalue weighted by molar-refractivity contribution is -0.139. The van der Waals surface area contributed by atoms with Gasteiger partial charge in [0.05, 0.1) is 17.3 Å². The number of ether oxygens (including phenoxy) is 1. The second-order valence-corrected chi connectivity index (χ2v) is 5.10. The van der Waals surface area contributed by atoms with Crippen molar-refractivity contribution in [3.05, 3.63) is 35.4 Å². The Morgan fingerprint density at radius 1 is 1.21 bits per heavy atom. The van der Waals surface area contributed by atoms with Gasteiger partial charge in [0.1, 0.15) is 0 Å². The van der Waals surface area contributed by atoms with Gasteiger partial charge in [-0.15, -0.1) is 0 Å². The Morgan fingerprint density at radius 2 is 1.79 bits per heavy atom. The van der Waals surface area contributed by atoms with E-state index < -0.39 is 23.4 Å². The van der Waals surface area contributed by atoms with Gasteiger partial charge in [-0.05, 0) is 38.3 Å². The van der Waals surface area contributed by atoms with Crippen LogP contribution in [-0.4, -0.2) is 17.8 Å². The fourth-order valence-corrected chi connectivity index (χ4v) is 1.79. The standard InChI is InChI=1S/C14H19F3O2/c1-13(2,19-3)9-8-12(18)10-6-4-5-7-11(10)14(15,16)17/h4-7,12,18H,8-9H2,1-3H3. The van der Waals surface area contributed by atoms with E-state index in [9.17, 15) is 18.3 Å². The predicted octanol–water partition coefficient (Wildman–Crippen LogP) is 3.94. The number of aliphatic hydroxyl groups excluding tert-OH is 1. The first-order valence-electron chi connectivity index (χ1n) is 6.07. The lowest BCUT2D eigenvalue weighted by atomic mass is 9.94. The quantitative estimate of drug-likeness (QED) is 0.882. The van der Waals surface area contributed by atoms with Crippen LogP contribution in [0.15, 0.2) is 24.3 Å². The molecule has 1 N–H and O–H groups in total. The number of benzene rings is 1. The van der Waals surface area contributed by atoms with Crippen LogP contribution in [0.1, 0.15) is 43.9 Å². The molecule has 0 saturated heterocycles. The Balaban J connectivity index is 2.86. The molecule has 0 aliphatic rings. The van der Waals surface area contributed by atoms with Crippen LogP contribution >= 0.6 is 0 Å². The minimum absolute atomic E-state index is 0.0816. The molecule has 0 heterocycles. The minimum atomic E-state index is -4.45. The van der Waals surface area contributed by atoms with Gasteiger partial charge >= 0.3 is 6.18 Å². The molecule has 1 aromatic rings. The van der Waals surface area contributed by atoms with Gasteiger partial charge in [0, 0.05) is 7.11 Å². The topological polar surface area (TPSA) is 29.5 Å². The van der Waals surface area contributed by atoms with E-state index in [1.165, 1.54) is 25.3 Å². The van der Waals surface area contributed by atoms with Crippen LogP contribution in [0.2, 0.25) is 0 Å². The molecule has 2 nitrogen and oxygen atoms in total. The lowest BCUT2D eigenvalue weighted by Crippen LogP contribution is -2.23. The summed E-state index contributed by atoms with van der Waals surface area (Å²) < 4.78 is 43.6. The third kappa shape index (κ3) is 4.51. The van der Waals surface area contributed by atoms with Crippen molar-refractivity contribution in [3.8, 4) is 0 Å². The highest BCUT2D eigenvalue weighted by Crippen LogP contribution is 2.36. The Morgan fingerprint density at radius 3 is 2.32 bits per heavy atom. The van der Waals surface area contributed by atoms with Gasteiger partial charge in [-0.2, -0.15) is 13.2 Å². The van der Waals surface area contributed by atoms with Gasteiger partial charge in [0.25, 0.3) is 0 Å². The largest absolute Gasteiger partial charge is 0.416 e. The normalized spacial score (nSPS) is 14.5. The highest BCUT2D eigenvalue weighted by atomic mass is 19.4. The molecule has 5 heteroatoms. The van der Waals surface area contributed by atoms with Crippen molar-refractivity contribution >= 4 is 0 Å². The van der Waals surface area contributed by atoms with Crippen LogP contribution in [0.3, 0.4) is 0 Å². The van der Waals surface area contributed by atoms with E-state index in [4.69, 9.17) is 4.74 Å². The van der Waals surface area contributed by atoms with E-state index in [-0.39, 0.29) is 12.0 Å². The Kier molecular flexibility index (Phi) is 4.98. The number of alkyl halides is 3. The average Bonchev–Trinajstić information content (AvgIpc) is 2.35. The molecule has 1 atom stereocenters. The molecule has 1 unspecified atom stereocenters. The second-order valence-electron chi connectivity index (χ2n) is 5.10. The first-order chi connectivity index (χ1) is 8.67. The average molecular weight is 276 g/mol. The molecular formula is C14H19F3O2. The third-order valence-corrected chi connectivity index (χ3v) is 3.20. The third-order valence-electron chi connectivity index (χ3n) is 3.20. The minimum Gasteiger partial charge on any atom is -0.388 e. The van der Waals surface area contributed by atoms with E-state index in [0.717, 1.165) is 6.07 Å². The Labute approximate surface area is 111 Å². The van der Waals surface area contributed by atoms with Gasteiger partial charge in [0.2, 0.25) is 0 Å². The van der Waals surface area contributed by atoms with Gasteiger partial charge in [-0.3, -0.25) is 0 Å². The lowest BCUT2D eigenvalue weighted by Gasteiger charge is -2.25. The number of aliphatic hydroxyl groups is 1. The zero-order valence-corrected chi connectivity index (χ0v) is 11.3. The number of methoxy groups -OCH3 is 1. The van der Waals surface area contributed by atoms with Crippen molar-refractivity contribution in [2.24, 2.45) is 0 Å². The number of rotatable bonds is 5. The van der Waals surface area contributed by atoms with E-state index >= 15 is 0 Å². The summed E-state index contributed by atoms with van der Waals surface area (Å²) in [4.78, 5) is 0. The number of hydrogen-bond acceptors (Lipinski definition) is 2. The zero-order valence-electron chi connectivity index (χ0n) is 11.3. The summed E-state index contributed by atoms with van der Waals surface area (Å²) >= 11 is 0. The molecule has 0 saturated carbocycles. The zero-order chi connectivity index (χ0) is 14.7. The smallest absolute Gasteiger partial charge is 0.388 e. The number of halogens is 3. The highest BCUT2D eigenvalue weighted by molar-refractivity contribution is 5.31. The fraction of sp³-hybridized carbons (Fsp3) is 0.571. The van der Waals surface area contributed by atoms with Crippen LogP contribution in [0, 0.1) is 0 Å². The molecule has 0 bridgehead atoms. The van der Waals surface area contributed by atoms with Crippen molar-refractivity contribution in [3.63, 3.8) is 0 Å². The van der Waals surface area contributed by atoms with Crippen LogP contribution in [0.5, 0.6) is 0 Å². The van der Waals surface area contributed by atoms with Gasteiger partial charge in [-0.1, -0.05) is 18.2 Å². The molecule has 108 valence electrons. The molecular weight excluding hydrogens is 257 g/mol. The molecule has 1 aromatic carbocycles. The predicted molar refractivity (Wildman–Crippen MR) is 66.7 cm³/mol. The highest BCUT2D eigenvalue weighted by Gasteiger charge is 2.34. The molecule has 0 aromatic heterocycles. The molecule has 0 amide bonds. The van der Waals surface area contributed by atoms with E-state index in [0.29, 0.717) is 6.42 Å². The van der Waals surface area contributed by atoms with Crippen LogP contribution < -0.4 is 0 Å². The molecule has 0 radical (unpaired) electrons. The van der Waals surface area contributed by atoms with Gasteiger partial charge in [-0.25, -0.2) is 0 Å². The molecule has 19 heavy (non-hydrogen) atoms. The van der Waals surface area contributed by atoms with E-state index in [1.54, 1.807) is 0 Å². The summed E-state index contributed by atoms with van der Waals surface area (Å²) in [5.74, 6) is 0. The number of hydrogen-bond donors (Lipinski definition) is 1. The van der Waals surface area contributed by atoms with Crippen molar-refractivity contribution in [1.29, 1.82) is 0 Å². The monoisotopic (exact) mass is 276 g/mol. The van der Waals surface area contributed by atoms with E-state index in [2.05, 4.69) is 0 Å². The molecule has 0 fully saturated rings. The molecule has 0 aliphatic heterocycles. The van der Waals surface area contributed by atoms with Crippen molar-refractivity contribution in [2.45, 2.75) is 44.6 Å². The van der Waals surface area contributed by atoms with Crippen molar-refractivity contribution in [2.75, 3.05) is 7.11 Å². The van der Waals surface area contributed by atoms with Gasteiger partial charge < -0.3 is 9.84 Å².